The van der Waals surface area contributed by atoms with Crippen molar-refractivity contribution in [1.82, 2.24) is 5.16 Å². The van der Waals surface area contributed by atoms with Crippen LogP contribution in [0.15, 0.2) is 40.4 Å². The number of carbonyl (C=O) groups excluding carboxylic acids is 1. The summed E-state index contributed by atoms with van der Waals surface area (Å²) in [5.41, 5.74) is 2.11. The maximum Gasteiger partial charge on any atom is 0.231 e. The lowest BCUT2D eigenvalue weighted by Crippen LogP contribution is -2.14. The highest BCUT2D eigenvalue weighted by molar-refractivity contribution is 5.91. The van der Waals surface area contributed by atoms with Crippen molar-refractivity contribution in [3.05, 3.63) is 52.7 Å². The zero-order valence-electron chi connectivity index (χ0n) is 16.4. The molecule has 0 saturated heterocycles. The molecule has 1 amide bonds. The Balaban J connectivity index is 2.03. The summed E-state index contributed by atoms with van der Waals surface area (Å²) in [6, 6.07) is 12.2. The second-order valence-corrected chi connectivity index (χ2v) is 7.47. The van der Waals surface area contributed by atoms with Crippen molar-refractivity contribution in [1.29, 1.82) is 10.5 Å². The minimum atomic E-state index is -0.233. The lowest BCUT2D eigenvalue weighted by molar-refractivity contribution is -0.115. The van der Waals surface area contributed by atoms with E-state index in [0.29, 0.717) is 11.4 Å². The monoisotopic (exact) mass is 378 g/mol. The first kappa shape index (κ1) is 20.7. The third kappa shape index (κ3) is 5.72. The van der Waals surface area contributed by atoms with Crippen molar-refractivity contribution in [2.24, 2.45) is 5.41 Å². The summed E-state index contributed by atoms with van der Waals surface area (Å²) in [6.45, 7) is 6.30. The molecule has 2 aromatic rings. The average molecular weight is 378 g/mol. The van der Waals surface area contributed by atoms with Crippen molar-refractivity contribution < 1.29 is 14.1 Å². The molecule has 0 spiro atoms. The molecule has 28 heavy (non-hydrogen) atoms. The molecule has 1 heterocycles. The van der Waals surface area contributed by atoms with Crippen LogP contribution in [0.4, 0.5) is 5.88 Å². The zero-order valence-corrected chi connectivity index (χ0v) is 16.4. The molecule has 0 aliphatic heterocycles. The van der Waals surface area contributed by atoms with Crippen molar-refractivity contribution in [2.45, 2.75) is 33.6 Å². The van der Waals surface area contributed by atoms with Crippen molar-refractivity contribution in [3.8, 4) is 12.1 Å². The van der Waals surface area contributed by atoms with Crippen LogP contribution in [-0.2, 0) is 22.4 Å². The van der Waals surface area contributed by atoms with Crippen molar-refractivity contribution in [3.63, 3.8) is 0 Å². The average Bonchev–Trinajstić information content (AvgIpc) is 3.05. The van der Waals surface area contributed by atoms with Gasteiger partial charge >= 0.3 is 0 Å². The number of methoxy groups -OCH3 is 1. The van der Waals surface area contributed by atoms with E-state index in [-0.39, 0.29) is 29.1 Å². The van der Waals surface area contributed by atoms with Gasteiger partial charge in [0, 0.05) is 11.6 Å². The predicted octanol–water partition coefficient (Wildman–Crippen LogP) is 3.85. The van der Waals surface area contributed by atoms with E-state index in [0.717, 1.165) is 17.7 Å². The van der Waals surface area contributed by atoms with Gasteiger partial charge in [0.2, 0.25) is 11.8 Å². The van der Waals surface area contributed by atoms with Gasteiger partial charge in [0.1, 0.15) is 12.1 Å². The van der Waals surface area contributed by atoms with Gasteiger partial charge in [-0.2, -0.15) is 10.5 Å². The van der Waals surface area contributed by atoms with Gasteiger partial charge in [-0.15, -0.1) is 0 Å². The number of hydrogen-bond acceptors (Lipinski definition) is 6. The van der Waals surface area contributed by atoms with Crippen LogP contribution in [0.25, 0.3) is 5.76 Å². The number of allylic oxidation sites excluding steroid dienone is 1. The number of ether oxygens (including phenoxy) is 1. The number of amides is 1. The maximum atomic E-state index is 12.2. The van der Waals surface area contributed by atoms with Crippen LogP contribution >= 0.6 is 0 Å². The summed E-state index contributed by atoms with van der Waals surface area (Å²) in [5.74, 6) is 0.288. The van der Waals surface area contributed by atoms with Gasteiger partial charge in [0.25, 0.3) is 0 Å². The van der Waals surface area contributed by atoms with Crippen molar-refractivity contribution >= 4 is 17.6 Å². The molecule has 0 unspecified atom stereocenters. The molecule has 7 heteroatoms. The number of aromatic nitrogens is 1. The van der Waals surface area contributed by atoms with Crippen LogP contribution in [0.3, 0.4) is 0 Å². The second kappa shape index (κ2) is 8.88. The van der Waals surface area contributed by atoms with Gasteiger partial charge < -0.3 is 9.26 Å². The largest absolute Gasteiger partial charge is 0.494 e. The third-order valence-electron chi connectivity index (χ3n) is 3.77. The highest BCUT2D eigenvalue weighted by Crippen LogP contribution is 2.22. The van der Waals surface area contributed by atoms with Crippen LogP contribution in [0, 0.1) is 28.1 Å². The number of nitrogens with zero attached hydrogens (tertiary/aromatic N) is 3. The number of benzene rings is 1. The number of anilines is 1. The Bertz CT molecular complexity index is 935. The van der Waals surface area contributed by atoms with Gasteiger partial charge in [-0.25, -0.2) is 0 Å². The summed E-state index contributed by atoms with van der Waals surface area (Å²) in [5, 5.41) is 24.6. The molecule has 144 valence electrons. The van der Waals surface area contributed by atoms with E-state index in [1.165, 1.54) is 7.11 Å². The predicted molar refractivity (Wildman–Crippen MR) is 104 cm³/mol. The first-order valence-electron chi connectivity index (χ1n) is 8.69. The van der Waals surface area contributed by atoms with E-state index >= 15 is 0 Å². The molecule has 0 aliphatic carbocycles. The van der Waals surface area contributed by atoms with Gasteiger partial charge in [-0.3, -0.25) is 10.1 Å². The molecule has 0 atom stereocenters. The summed E-state index contributed by atoms with van der Waals surface area (Å²) in [7, 11) is 1.40. The molecule has 0 bridgehead atoms. The fourth-order valence-corrected chi connectivity index (χ4v) is 2.63. The molecule has 0 radical (unpaired) electrons. The lowest BCUT2D eigenvalue weighted by Gasteiger charge is -2.14. The van der Waals surface area contributed by atoms with E-state index in [1.54, 1.807) is 42.5 Å². The Kier molecular flexibility index (Phi) is 6.57. The normalized spacial score (nSPS) is 10.5. The molecule has 1 N–H and O–H groups in total. The first-order valence-corrected chi connectivity index (χ1v) is 8.69. The van der Waals surface area contributed by atoms with Gasteiger partial charge in [-0.1, -0.05) is 50.2 Å². The Morgan fingerprint density at radius 1 is 1.21 bits per heavy atom. The highest BCUT2D eigenvalue weighted by Gasteiger charge is 2.16. The summed E-state index contributed by atoms with van der Waals surface area (Å²) >= 11 is 0. The zero-order chi connectivity index (χ0) is 20.7. The number of nitrogens with one attached hydrogen (secondary N) is 1. The molecular formula is C21H22N4O3. The molecule has 1 aromatic carbocycles. The maximum absolute atomic E-state index is 12.2. The Morgan fingerprint density at radius 2 is 1.86 bits per heavy atom. The lowest BCUT2D eigenvalue weighted by atomic mass is 9.91. The summed E-state index contributed by atoms with van der Waals surface area (Å²) in [4.78, 5) is 12.2. The quantitative estimate of drug-likeness (QED) is 0.603. The molecule has 0 saturated carbocycles. The minimum absolute atomic E-state index is 0.0758. The Morgan fingerprint density at radius 3 is 2.39 bits per heavy atom. The Labute approximate surface area is 164 Å². The number of carbonyl (C=O) groups is 1. The number of nitriles is 2. The smallest absolute Gasteiger partial charge is 0.231 e. The SMILES string of the molecule is COC(=C(C#N)C#N)c1ccc(CC(=O)Nc2cc(CC(C)(C)C)no2)cc1. The topological polar surface area (TPSA) is 112 Å². The molecule has 0 aliphatic rings. The van der Waals surface area contributed by atoms with Crippen molar-refractivity contribution in [2.75, 3.05) is 12.4 Å². The van der Waals surface area contributed by atoms with E-state index in [4.69, 9.17) is 19.8 Å². The second-order valence-electron chi connectivity index (χ2n) is 7.47. The van der Waals surface area contributed by atoms with E-state index in [2.05, 4.69) is 31.2 Å². The van der Waals surface area contributed by atoms with Crippen LogP contribution in [0.2, 0.25) is 0 Å². The van der Waals surface area contributed by atoms with Gasteiger partial charge in [-0.05, 0) is 17.4 Å². The molecule has 2 rings (SSSR count). The highest BCUT2D eigenvalue weighted by atomic mass is 16.5. The van der Waals surface area contributed by atoms with E-state index in [9.17, 15) is 4.79 Å². The molecule has 1 aromatic heterocycles. The standard InChI is InChI=1S/C21H22N4O3/c1-21(2,3)11-17-10-19(28-25-17)24-18(26)9-14-5-7-15(8-6-14)20(27-4)16(12-22)13-23/h5-8,10H,9,11H2,1-4H3,(H,24,26). The van der Waals surface area contributed by atoms with E-state index in [1.807, 2.05) is 0 Å². The minimum Gasteiger partial charge on any atom is -0.494 e. The van der Waals surface area contributed by atoms with Gasteiger partial charge in [0.15, 0.2) is 11.3 Å². The third-order valence-corrected chi connectivity index (χ3v) is 3.77. The molecule has 0 fully saturated rings. The number of rotatable bonds is 6. The fourth-order valence-electron chi connectivity index (χ4n) is 2.63. The van der Waals surface area contributed by atoms with Crippen LogP contribution in [0.1, 0.15) is 37.6 Å². The number of hydrogen-bond donors (Lipinski definition) is 1. The molecular weight excluding hydrogens is 356 g/mol. The van der Waals surface area contributed by atoms with Crippen LogP contribution in [-0.4, -0.2) is 18.2 Å². The first-order chi connectivity index (χ1) is 13.3. The van der Waals surface area contributed by atoms with Gasteiger partial charge in [0.05, 0.1) is 19.2 Å². The fraction of sp³-hybridized carbons (Fsp3) is 0.333. The summed E-state index contributed by atoms with van der Waals surface area (Å²) in [6.07, 6.45) is 0.890. The van der Waals surface area contributed by atoms with E-state index < -0.39 is 0 Å². The Hall–Kier alpha value is -3.58. The van der Waals surface area contributed by atoms with Crippen LogP contribution in [0.5, 0.6) is 0 Å². The summed E-state index contributed by atoms with van der Waals surface area (Å²) < 4.78 is 10.3. The van der Waals surface area contributed by atoms with Crippen LogP contribution < -0.4 is 5.32 Å². The molecule has 7 nitrogen and oxygen atoms in total.